The molecule has 346 valence electrons. The molecule has 0 atom stereocenters. The number of hydrogen-bond acceptors (Lipinski definition) is 6. The minimum Gasteiger partial charge on any atom is -0.505 e. The second kappa shape index (κ2) is 19.4. The lowest BCUT2D eigenvalue weighted by molar-refractivity contribution is 0.447. The first kappa shape index (κ1) is 46.1. The molecular weight excluding hydrogens is 891 g/mol. The molecule has 0 fully saturated rings. The van der Waals surface area contributed by atoms with Crippen LogP contribution in [0.5, 0.6) is 5.75 Å². The van der Waals surface area contributed by atoms with Gasteiger partial charge in [-0.2, -0.15) is 0 Å². The second-order valence-corrected chi connectivity index (χ2v) is 21.9. The first-order valence-corrected chi connectivity index (χ1v) is 25.5. The Morgan fingerprint density at radius 1 is 0.357 bits per heavy atom. The van der Waals surface area contributed by atoms with E-state index in [4.69, 9.17) is 0 Å². The molecular formula is C64H57N3OS2. The molecule has 10 aromatic rings. The fourth-order valence-electron chi connectivity index (χ4n) is 8.93. The van der Waals surface area contributed by atoms with Gasteiger partial charge in [0.25, 0.3) is 0 Å². The topological polar surface area (TPSA) is 38.7 Å². The van der Waals surface area contributed by atoms with Gasteiger partial charge in [-0.25, -0.2) is 0 Å². The number of hydrogen-bond donors (Lipinski definition) is 2. The average molecular weight is 948 g/mol. The van der Waals surface area contributed by atoms with E-state index in [0.29, 0.717) is 5.69 Å². The molecule has 6 heteroatoms. The van der Waals surface area contributed by atoms with Gasteiger partial charge >= 0.3 is 0 Å². The summed E-state index contributed by atoms with van der Waals surface area (Å²) in [6.07, 6.45) is 0. The monoisotopic (exact) mass is 947 g/mol. The summed E-state index contributed by atoms with van der Waals surface area (Å²) in [7, 11) is 0. The minimum atomic E-state index is -0.258. The van der Waals surface area contributed by atoms with Gasteiger partial charge in [0.1, 0.15) is 5.75 Å². The van der Waals surface area contributed by atoms with Crippen LogP contribution in [0.1, 0.15) is 52.7 Å². The van der Waals surface area contributed by atoms with Gasteiger partial charge in [0.05, 0.1) is 5.69 Å². The van der Waals surface area contributed by atoms with E-state index in [1.54, 1.807) is 22.7 Å². The zero-order valence-electron chi connectivity index (χ0n) is 40.5. The Labute approximate surface area is 421 Å². The first-order valence-electron chi connectivity index (χ1n) is 23.9. The number of anilines is 8. The molecule has 0 spiro atoms. The highest BCUT2D eigenvalue weighted by Crippen LogP contribution is 2.47. The van der Waals surface area contributed by atoms with E-state index in [1.165, 1.54) is 25.8 Å². The highest BCUT2D eigenvalue weighted by atomic mass is 32.1. The Hall–Kier alpha value is -7.64. The Morgan fingerprint density at radius 2 is 0.729 bits per heavy atom. The summed E-state index contributed by atoms with van der Waals surface area (Å²) in [5.74, 6) is 0.284. The van der Waals surface area contributed by atoms with Crippen LogP contribution in [-0.2, 0) is 10.8 Å². The number of phenolic OH excluding ortho intramolecular Hbond substituents is 1. The molecule has 2 aromatic heterocycles. The quantitative estimate of drug-likeness (QED) is 0.120. The molecule has 4 nitrogen and oxygen atoms in total. The molecule has 0 unspecified atom stereocenters. The standard InChI is InChI=1S/C64H57N3OS2/c1-63(2,3)47-42-55(64(4,5)6)62(68)57(43-47)65-56-36-31-46(60-38-37-58(69-60)44-27-32-52(33-28-44)66(48-19-11-7-12-20-48)49-21-13-8-14-22-49)41-54(56)61-40-39-59(70-61)45-29-34-53(35-30-45)67(50-23-15-9-16-24-50)51-25-17-10-18-26-51/h7-43,65,68H,1-6H3. The van der Waals surface area contributed by atoms with E-state index in [2.05, 4.69) is 281 Å². The maximum Gasteiger partial charge on any atom is 0.142 e. The van der Waals surface area contributed by atoms with E-state index < -0.39 is 0 Å². The van der Waals surface area contributed by atoms with E-state index in [1.807, 2.05) is 0 Å². The van der Waals surface area contributed by atoms with Gasteiger partial charge in [-0.1, -0.05) is 151 Å². The number of benzene rings is 8. The zero-order chi connectivity index (χ0) is 48.4. The third kappa shape index (κ3) is 9.79. The zero-order valence-corrected chi connectivity index (χ0v) is 42.2. The molecule has 70 heavy (non-hydrogen) atoms. The van der Waals surface area contributed by atoms with Gasteiger partial charge in [-0.3, -0.25) is 0 Å². The van der Waals surface area contributed by atoms with Gasteiger partial charge in [0.2, 0.25) is 0 Å². The van der Waals surface area contributed by atoms with Crippen molar-refractivity contribution >= 4 is 68.2 Å². The summed E-state index contributed by atoms with van der Waals surface area (Å²) in [6.45, 7) is 13.2. The van der Waals surface area contributed by atoms with Crippen LogP contribution in [0, 0.1) is 0 Å². The number of para-hydroxylation sites is 4. The molecule has 0 saturated carbocycles. The highest BCUT2D eigenvalue weighted by Gasteiger charge is 2.26. The lowest BCUT2D eigenvalue weighted by Gasteiger charge is -2.28. The van der Waals surface area contributed by atoms with Crippen LogP contribution in [-0.4, -0.2) is 5.11 Å². The minimum absolute atomic E-state index is 0.116. The normalized spacial score (nSPS) is 11.6. The molecule has 0 aliphatic carbocycles. The maximum atomic E-state index is 11.9. The molecule has 10 rings (SSSR count). The highest BCUT2D eigenvalue weighted by molar-refractivity contribution is 7.19. The van der Waals surface area contributed by atoms with E-state index >= 15 is 0 Å². The van der Waals surface area contributed by atoms with Gasteiger partial charge in [0, 0.05) is 70.4 Å². The van der Waals surface area contributed by atoms with Crippen molar-refractivity contribution in [2.75, 3.05) is 15.1 Å². The van der Waals surface area contributed by atoms with Crippen LogP contribution < -0.4 is 15.1 Å². The van der Waals surface area contributed by atoms with Crippen molar-refractivity contribution in [3.8, 4) is 47.5 Å². The largest absolute Gasteiger partial charge is 0.505 e. The molecule has 0 radical (unpaired) electrons. The summed E-state index contributed by atoms with van der Waals surface area (Å²) >= 11 is 3.58. The van der Waals surface area contributed by atoms with E-state index in [9.17, 15) is 5.11 Å². The Balaban J connectivity index is 1.01. The number of aromatic hydroxyl groups is 1. The summed E-state index contributed by atoms with van der Waals surface area (Å²) in [5.41, 5.74) is 14.5. The van der Waals surface area contributed by atoms with Crippen molar-refractivity contribution in [3.05, 3.63) is 236 Å². The Morgan fingerprint density at radius 3 is 1.14 bits per heavy atom. The lowest BCUT2D eigenvalue weighted by atomic mass is 9.79. The fourth-order valence-corrected chi connectivity index (χ4v) is 11.0. The molecule has 0 aliphatic heterocycles. The summed E-state index contributed by atoms with van der Waals surface area (Å²) in [5, 5.41) is 15.7. The molecule has 2 heterocycles. The number of nitrogens with one attached hydrogen (secondary N) is 1. The average Bonchev–Trinajstić information content (AvgIpc) is 4.08. The van der Waals surface area contributed by atoms with Gasteiger partial charge in [-0.05, 0) is 148 Å². The second-order valence-electron chi connectivity index (χ2n) is 19.7. The SMILES string of the molecule is CC(C)(C)c1cc(Nc2ccc(-c3ccc(-c4ccc(N(c5ccccc5)c5ccccc5)cc4)s3)cc2-c2ccc(-c3ccc(N(c4ccccc4)c4ccccc4)cc3)s2)c(O)c(C(C)(C)C)c1. The lowest BCUT2D eigenvalue weighted by Crippen LogP contribution is -2.17. The van der Waals surface area contributed by atoms with Crippen molar-refractivity contribution in [3.63, 3.8) is 0 Å². The smallest absolute Gasteiger partial charge is 0.142 e. The van der Waals surface area contributed by atoms with Crippen molar-refractivity contribution in [2.45, 2.75) is 52.4 Å². The number of nitrogens with zero attached hydrogens (tertiary/aromatic N) is 2. The molecule has 0 saturated heterocycles. The van der Waals surface area contributed by atoms with E-state index in [-0.39, 0.29) is 16.6 Å². The predicted molar refractivity (Wildman–Crippen MR) is 302 cm³/mol. The summed E-state index contributed by atoms with van der Waals surface area (Å²) in [4.78, 5) is 9.28. The van der Waals surface area contributed by atoms with Crippen molar-refractivity contribution < 1.29 is 5.11 Å². The summed E-state index contributed by atoms with van der Waals surface area (Å²) < 4.78 is 0. The Kier molecular flexibility index (Phi) is 12.8. The predicted octanol–water partition coefficient (Wildman–Crippen LogP) is 19.5. The van der Waals surface area contributed by atoms with Crippen LogP contribution in [0.3, 0.4) is 0 Å². The van der Waals surface area contributed by atoms with E-state index in [0.717, 1.165) is 66.9 Å². The molecule has 8 aromatic carbocycles. The number of thiophene rings is 2. The molecule has 0 aliphatic rings. The number of rotatable bonds is 12. The van der Waals surface area contributed by atoms with Crippen molar-refractivity contribution in [1.29, 1.82) is 0 Å². The van der Waals surface area contributed by atoms with Crippen molar-refractivity contribution in [1.82, 2.24) is 0 Å². The maximum absolute atomic E-state index is 11.9. The Bertz CT molecular complexity index is 3270. The fraction of sp³-hybridized carbons (Fsp3) is 0.125. The van der Waals surface area contributed by atoms with Crippen LogP contribution in [0.25, 0.3) is 41.8 Å². The van der Waals surface area contributed by atoms with Crippen molar-refractivity contribution in [2.24, 2.45) is 0 Å². The molecule has 0 amide bonds. The first-order chi connectivity index (χ1) is 33.9. The number of phenols is 1. The van der Waals surface area contributed by atoms with Crippen LogP contribution in [0.4, 0.5) is 45.5 Å². The van der Waals surface area contributed by atoms with Gasteiger partial charge in [-0.15, -0.1) is 22.7 Å². The third-order valence-electron chi connectivity index (χ3n) is 12.7. The van der Waals surface area contributed by atoms with Crippen LogP contribution >= 0.6 is 22.7 Å². The third-order valence-corrected chi connectivity index (χ3v) is 15.1. The van der Waals surface area contributed by atoms with Gasteiger partial charge < -0.3 is 20.2 Å². The summed E-state index contributed by atoms with van der Waals surface area (Å²) in [6, 6.07) is 79.8. The van der Waals surface area contributed by atoms with Gasteiger partial charge in [0.15, 0.2) is 0 Å². The molecule has 0 bridgehead atoms. The van der Waals surface area contributed by atoms with Crippen LogP contribution in [0.2, 0.25) is 0 Å². The van der Waals surface area contributed by atoms with Crippen LogP contribution in [0.15, 0.2) is 224 Å². The molecule has 2 N–H and O–H groups in total.